The number of aromatic amines is 1. The van der Waals surface area contributed by atoms with Gasteiger partial charge in [-0.15, -0.1) is 0 Å². The van der Waals surface area contributed by atoms with Gasteiger partial charge in [0.15, 0.2) is 0 Å². The molecule has 3 atom stereocenters. The van der Waals surface area contributed by atoms with Gasteiger partial charge in [-0.05, 0) is 30.2 Å². The number of ether oxygens (including phenoxy) is 1. The van der Waals surface area contributed by atoms with Crippen molar-refractivity contribution in [2.75, 3.05) is 11.9 Å². The van der Waals surface area contributed by atoms with Crippen LogP contribution < -0.4 is 21.9 Å². The highest BCUT2D eigenvalue weighted by Crippen LogP contribution is 2.27. The molecular formula is C23H24N4O5. The van der Waals surface area contributed by atoms with Crippen LogP contribution in [0.3, 0.4) is 0 Å². The molecule has 1 aromatic heterocycles. The number of aryl methyl sites for hydroxylation is 1. The molecule has 3 aromatic rings. The lowest BCUT2D eigenvalue weighted by molar-refractivity contribution is -0.0178. The summed E-state index contributed by atoms with van der Waals surface area (Å²) in [5.74, 6) is 0. The monoisotopic (exact) mass is 436 g/mol. The van der Waals surface area contributed by atoms with Gasteiger partial charge in [-0.25, -0.2) is 9.59 Å². The largest absolute Gasteiger partial charge is 0.390 e. The maximum absolute atomic E-state index is 12.3. The summed E-state index contributed by atoms with van der Waals surface area (Å²) in [5.41, 5.74) is 2.05. The van der Waals surface area contributed by atoms with Crippen molar-refractivity contribution in [2.45, 2.75) is 31.8 Å². The third kappa shape index (κ3) is 4.79. The first kappa shape index (κ1) is 21.5. The van der Waals surface area contributed by atoms with Crippen LogP contribution in [0.2, 0.25) is 0 Å². The summed E-state index contributed by atoms with van der Waals surface area (Å²) in [7, 11) is 0. The Morgan fingerprint density at radius 3 is 2.53 bits per heavy atom. The molecule has 9 heteroatoms. The molecule has 0 saturated carbocycles. The SMILES string of the molecule is Cc1cn([C@@H]2C[C@H](O)[C@@H](CNC(=O)Nc3ccc(-c4ccccc4)cc3)O2)c(=O)[nH]c1=O. The highest BCUT2D eigenvalue weighted by Gasteiger charge is 2.35. The Labute approximate surface area is 183 Å². The van der Waals surface area contributed by atoms with E-state index in [1.807, 2.05) is 54.6 Å². The van der Waals surface area contributed by atoms with Crippen molar-refractivity contribution in [2.24, 2.45) is 0 Å². The fraction of sp³-hybridized carbons (Fsp3) is 0.261. The molecule has 2 aromatic carbocycles. The van der Waals surface area contributed by atoms with Crippen LogP contribution in [0, 0.1) is 6.92 Å². The van der Waals surface area contributed by atoms with Crippen molar-refractivity contribution in [1.82, 2.24) is 14.9 Å². The number of nitrogens with zero attached hydrogens (tertiary/aromatic N) is 1. The normalized spacial score (nSPS) is 20.1. The molecule has 1 saturated heterocycles. The average Bonchev–Trinajstić information content (AvgIpc) is 3.16. The van der Waals surface area contributed by atoms with Gasteiger partial charge in [0.05, 0.1) is 6.10 Å². The Balaban J connectivity index is 1.32. The van der Waals surface area contributed by atoms with Crippen molar-refractivity contribution in [1.29, 1.82) is 0 Å². The Morgan fingerprint density at radius 1 is 1.12 bits per heavy atom. The summed E-state index contributed by atoms with van der Waals surface area (Å²) in [6.07, 6.45) is -0.719. The standard InChI is InChI=1S/C23H24N4O5/c1-14-13-27(23(31)26-21(14)29)20-11-18(28)19(32-20)12-24-22(30)25-17-9-7-16(8-10-17)15-5-3-2-4-6-15/h2-10,13,18-20,28H,11-12H2,1H3,(H2,24,25,30)(H,26,29,31)/t18-,19+,20-/m0/s1. The number of aliphatic hydroxyl groups is 1. The van der Waals surface area contributed by atoms with Gasteiger partial charge in [0.1, 0.15) is 12.3 Å². The number of hydrogen-bond acceptors (Lipinski definition) is 5. The van der Waals surface area contributed by atoms with Crippen LogP contribution >= 0.6 is 0 Å². The number of hydrogen-bond donors (Lipinski definition) is 4. The summed E-state index contributed by atoms with van der Waals surface area (Å²) in [6, 6.07) is 16.9. The molecule has 9 nitrogen and oxygen atoms in total. The molecule has 1 aliphatic rings. The first-order valence-electron chi connectivity index (χ1n) is 10.3. The van der Waals surface area contributed by atoms with E-state index in [1.165, 1.54) is 10.8 Å². The number of urea groups is 1. The van der Waals surface area contributed by atoms with Crippen molar-refractivity contribution in [3.05, 3.63) is 87.2 Å². The van der Waals surface area contributed by atoms with Crippen LogP contribution in [-0.4, -0.2) is 39.4 Å². The summed E-state index contributed by atoms with van der Waals surface area (Å²) >= 11 is 0. The van der Waals surface area contributed by atoms with E-state index in [1.54, 1.807) is 6.92 Å². The minimum absolute atomic E-state index is 0.0582. The quantitative estimate of drug-likeness (QED) is 0.487. The zero-order valence-corrected chi connectivity index (χ0v) is 17.4. The van der Waals surface area contributed by atoms with Gasteiger partial charge in [0.2, 0.25) is 0 Å². The molecule has 2 heterocycles. The van der Waals surface area contributed by atoms with E-state index in [2.05, 4.69) is 15.6 Å². The smallest absolute Gasteiger partial charge is 0.330 e. The second kappa shape index (κ2) is 9.21. The highest BCUT2D eigenvalue weighted by atomic mass is 16.5. The molecule has 32 heavy (non-hydrogen) atoms. The van der Waals surface area contributed by atoms with E-state index in [-0.39, 0.29) is 13.0 Å². The molecule has 0 spiro atoms. The van der Waals surface area contributed by atoms with Gasteiger partial charge in [-0.1, -0.05) is 42.5 Å². The minimum Gasteiger partial charge on any atom is -0.390 e. The highest BCUT2D eigenvalue weighted by molar-refractivity contribution is 5.89. The molecule has 166 valence electrons. The number of rotatable bonds is 5. The number of benzene rings is 2. The fourth-order valence-corrected chi connectivity index (χ4v) is 3.61. The molecule has 4 rings (SSSR count). The van der Waals surface area contributed by atoms with Crippen molar-refractivity contribution < 1.29 is 14.6 Å². The molecule has 0 unspecified atom stereocenters. The van der Waals surface area contributed by atoms with Gasteiger partial charge in [-0.2, -0.15) is 0 Å². The van der Waals surface area contributed by atoms with Crippen molar-refractivity contribution in [3.63, 3.8) is 0 Å². The van der Waals surface area contributed by atoms with Crippen LogP contribution in [0.5, 0.6) is 0 Å². The number of anilines is 1. The number of aromatic nitrogens is 2. The molecule has 1 fully saturated rings. The lowest BCUT2D eigenvalue weighted by atomic mass is 10.1. The fourth-order valence-electron chi connectivity index (χ4n) is 3.61. The zero-order chi connectivity index (χ0) is 22.7. The molecule has 2 amide bonds. The summed E-state index contributed by atoms with van der Waals surface area (Å²) in [6.45, 7) is 1.64. The Morgan fingerprint density at radius 2 is 1.81 bits per heavy atom. The molecule has 1 aliphatic heterocycles. The van der Waals surface area contributed by atoms with Crippen LogP contribution in [0.25, 0.3) is 11.1 Å². The molecular weight excluding hydrogens is 412 g/mol. The maximum Gasteiger partial charge on any atom is 0.330 e. The van der Waals surface area contributed by atoms with E-state index in [9.17, 15) is 19.5 Å². The van der Waals surface area contributed by atoms with E-state index in [0.717, 1.165) is 11.1 Å². The van der Waals surface area contributed by atoms with Crippen molar-refractivity contribution in [3.8, 4) is 11.1 Å². The van der Waals surface area contributed by atoms with Crippen molar-refractivity contribution >= 4 is 11.7 Å². The number of amides is 2. The lowest BCUT2D eigenvalue weighted by Gasteiger charge is -2.17. The van der Waals surface area contributed by atoms with Crippen LogP contribution in [0.15, 0.2) is 70.4 Å². The second-order valence-corrected chi connectivity index (χ2v) is 7.69. The van der Waals surface area contributed by atoms with Gasteiger partial charge in [0, 0.05) is 30.4 Å². The summed E-state index contributed by atoms with van der Waals surface area (Å²) in [5, 5.41) is 15.7. The first-order valence-corrected chi connectivity index (χ1v) is 10.3. The molecule has 4 N–H and O–H groups in total. The number of nitrogens with one attached hydrogen (secondary N) is 3. The zero-order valence-electron chi connectivity index (χ0n) is 17.4. The van der Waals surface area contributed by atoms with E-state index in [4.69, 9.17) is 4.74 Å². The first-order chi connectivity index (χ1) is 15.4. The van der Waals surface area contributed by atoms with E-state index >= 15 is 0 Å². The van der Waals surface area contributed by atoms with Gasteiger partial charge < -0.3 is 20.5 Å². The molecule has 0 radical (unpaired) electrons. The van der Waals surface area contributed by atoms with Crippen LogP contribution in [0.4, 0.5) is 10.5 Å². The number of carbonyl (C=O) groups is 1. The van der Waals surface area contributed by atoms with E-state index < -0.39 is 35.7 Å². The minimum atomic E-state index is -0.871. The number of carbonyl (C=O) groups excluding carboxylic acids is 1. The Hall–Kier alpha value is -3.69. The number of aliphatic hydroxyl groups excluding tert-OH is 1. The molecule has 0 bridgehead atoms. The maximum atomic E-state index is 12.3. The number of H-pyrrole nitrogens is 1. The lowest BCUT2D eigenvalue weighted by Crippen LogP contribution is -2.39. The van der Waals surface area contributed by atoms with Crippen LogP contribution in [0.1, 0.15) is 18.2 Å². The molecule has 0 aliphatic carbocycles. The van der Waals surface area contributed by atoms with Crippen LogP contribution in [-0.2, 0) is 4.74 Å². The Kier molecular flexibility index (Phi) is 6.20. The predicted molar refractivity (Wildman–Crippen MR) is 119 cm³/mol. The predicted octanol–water partition coefficient (Wildman–Crippen LogP) is 1.98. The summed E-state index contributed by atoms with van der Waals surface area (Å²) in [4.78, 5) is 38.1. The van der Waals surface area contributed by atoms with Gasteiger partial charge in [-0.3, -0.25) is 14.3 Å². The van der Waals surface area contributed by atoms with Gasteiger partial charge in [0.25, 0.3) is 5.56 Å². The Bertz CT molecular complexity index is 1200. The third-order valence-electron chi connectivity index (χ3n) is 5.37. The average molecular weight is 436 g/mol. The van der Waals surface area contributed by atoms with Gasteiger partial charge >= 0.3 is 11.7 Å². The second-order valence-electron chi connectivity index (χ2n) is 7.69. The third-order valence-corrected chi connectivity index (χ3v) is 5.37. The topological polar surface area (TPSA) is 125 Å². The van der Waals surface area contributed by atoms with E-state index in [0.29, 0.717) is 11.3 Å². The summed E-state index contributed by atoms with van der Waals surface area (Å²) < 4.78 is 6.99.